The molecule has 0 aliphatic carbocycles. The van der Waals surface area contributed by atoms with Crippen molar-refractivity contribution in [2.75, 3.05) is 0 Å². The van der Waals surface area contributed by atoms with Crippen molar-refractivity contribution in [2.45, 2.75) is 20.0 Å². The van der Waals surface area contributed by atoms with Gasteiger partial charge in [-0.25, -0.2) is 0 Å². The zero-order valence-electron chi connectivity index (χ0n) is 11.7. The molecule has 0 N–H and O–H groups in total. The summed E-state index contributed by atoms with van der Waals surface area (Å²) < 4.78 is 12.1. The molecule has 1 unspecified atom stereocenters. The second-order valence-electron chi connectivity index (χ2n) is 5.29. The summed E-state index contributed by atoms with van der Waals surface area (Å²) in [6.07, 6.45) is 2.01. The molecule has 0 bridgehead atoms. The molecule has 2 aromatic carbocycles. The third kappa shape index (κ3) is 2.55. The molecule has 0 spiro atoms. The van der Waals surface area contributed by atoms with Crippen molar-refractivity contribution in [1.82, 2.24) is 0 Å². The fourth-order valence-corrected chi connectivity index (χ4v) is 2.30. The fourth-order valence-electron chi connectivity index (χ4n) is 2.30. The van der Waals surface area contributed by atoms with E-state index in [2.05, 4.69) is 32.1 Å². The predicted octanol–water partition coefficient (Wildman–Crippen LogP) is 4.52. The predicted molar refractivity (Wildman–Crippen MR) is 80.7 cm³/mol. The second kappa shape index (κ2) is 5.41. The number of hydrogen-bond donors (Lipinski definition) is 0. The Kier molecular flexibility index (Phi) is 3.46. The maximum absolute atomic E-state index is 6.08. The topological polar surface area (TPSA) is 18.5 Å². The lowest BCUT2D eigenvalue weighted by Gasteiger charge is -2.31. The Hall–Kier alpha value is -2.22. The van der Waals surface area contributed by atoms with Crippen LogP contribution in [-0.4, -0.2) is 6.10 Å². The van der Waals surface area contributed by atoms with Crippen molar-refractivity contribution in [3.63, 3.8) is 0 Å². The van der Waals surface area contributed by atoms with Crippen LogP contribution in [0.4, 0.5) is 0 Å². The Morgan fingerprint density at radius 1 is 0.900 bits per heavy atom. The Labute approximate surface area is 119 Å². The van der Waals surface area contributed by atoms with Gasteiger partial charge in [0.2, 0.25) is 0 Å². The van der Waals surface area contributed by atoms with E-state index >= 15 is 0 Å². The summed E-state index contributed by atoms with van der Waals surface area (Å²) in [6.45, 7) is 4.28. The van der Waals surface area contributed by atoms with E-state index in [4.69, 9.17) is 9.47 Å². The molecule has 1 aliphatic heterocycles. The first-order valence-electron chi connectivity index (χ1n) is 6.94. The number of hydrogen-bond acceptors (Lipinski definition) is 2. The van der Waals surface area contributed by atoms with Crippen LogP contribution in [0.1, 0.15) is 19.4 Å². The average Bonchev–Trinajstić information content (AvgIpc) is 2.47. The summed E-state index contributed by atoms with van der Waals surface area (Å²) in [5.41, 5.74) is 1.12. The normalized spacial score (nSPS) is 19.4. The summed E-state index contributed by atoms with van der Waals surface area (Å²) in [5, 5.41) is 0. The molecule has 0 amide bonds. The van der Waals surface area contributed by atoms with Crippen LogP contribution in [0.15, 0.2) is 60.4 Å². The lowest BCUT2D eigenvalue weighted by molar-refractivity contribution is 0.112. The van der Waals surface area contributed by atoms with Crippen molar-refractivity contribution < 1.29 is 9.47 Å². The van der Waals surface area contributed by atoms with Gasteiger partial charge in [-0.2, -0.15) is 0 Å². The molecular formula is C18H18O2. The van der Waals surface area contributed by atoms with Crippen LogP contribution in [0.5, 0.6) is 11.5 Å². The Bertz CT molecular complexity index is 614. The third-order valence-corrected chi connectivity index (χ3v) is 3.33. The first kappa shape index (κ1) is 12.8. The Morgan fingerprint density at radius 2 is 1.55 bits per heavy atom. The van der Waals surface area contributed by atoms with E-state index in [1.165, 1.54) is 0 Å². The van der Waals surface area contributed by atoms with Crippen molar-refractivity contribution in [3.05, 3.63) is 65.9 Å². The van der Waals surface area contributed by atoms with Crippen LogP contribution < -0.4 is 9.47 Å². The molecular weight excluding hydrogens is 248 g/mol. The number of fused-ring (bicyclic) bond motifs is 1. The molecule has 2 aromatic rings. The van der Waals surface area contributed by atoms with Gasteiger partial charge in [0.05, 0.1) is 0 Å². The van der Waals surface area contributed by atoms with E-state index in [1.54, 1.807) is 0 Å². The molecule has 1 aliphatic rings. The van der Waals surface area contributed by atoms with E-state index < -0.39 is 0 Å². The minimum absolute atomic E-state index is 0.0508. The minimum atomic E-state index is -0.0508. The molecule has 0 saturated carbocycles. The summed E-state index contributed by atoms with van der Waals surface area (Å²) >= 11 is 0. The van der Waals surface area contributed by atoms with Crippen LogP contribution in [0.2, 0.25) is 0 Å². The molecule has 20 heavy (non-hydrogen) atoms. The van der Waals surface area contributed by atoms with Crippen LogP contribution in [0.25, 0.3) is 6.08 Å². The van der Waals surface area contributed by atoms with Gasteiger partial charge in [-0.3, -0.25) is 0 Å². The van der Waals surface area contributed by atoms with Gasteiger partial charge >= 0.3 is 0 Å². The Balaban J connectivity index is 1.98. The molecule has 2 heteroatoms. The molecule has 2 nitrogen and oxygen atoms in total. The van der Waals surface area contributed by atoms with Crippen LogP contribution >= 0.6 is 0 Å². The van der Waals surface area contributed by atoms with E-state index in [-0.39, 0.29) is 6.10 Å². The first-order valence-corrected chi connectivity index (χ1v) is 6.94. The van der Waals surface area contributed by atoms with Gasteiger partial charge in [0.1, 0.15) is 5.76 Å². The lowest BCUT2D eigenvalue weighted by Crippen LogP contribution is -2.31. The van der Waals surface area contributed by atoms with Gasteiger partial charge < -0.3 is 9.47 Å². The van der Waals surface area contributed by atoms with Gasteiger partial charge in [0.25, 0.3) is 0 Å². The average molecular weight is 266 g/mol. The zero-order valence-corrected chi connectivity index (χ0v) is 11.7. The smallest absolute Gasteiger partial charge is 0.169 e. The highest BCUT2D eigenvalue weighted by atomic mass is 16.6. The van der Waals surface area contributed by atoms with Gasteiger partial charge in [0, 0.05) is 0 Å². The minimum Gasteiger partial charge on any atom is -0.478 e. The van der Waals surface area contributed by atoms with E-state index in [1.807, 2.05) is 42.5 Å². The van der Waals surface area contributed by atoms with Crippen LogP contribution in [0, 0.1) is 5.92 Å². The third-order valence-electron chi connectivity index (χ3n) is 3.33. The molecule has 0 radical (unpaired) electrons. The van der Waals surface area contributed by atoms with Crippen molar-refractivity contribution in [3.8, 4) is 11.5 Å². The van der Waals surface area contributed by atoms with E-state index in [0.717, 1.165) is 22.8 Å². The highest BCUT2D eigenvalue weighted by Crippen LogP contribution is 2.37. The quantitative estimate of drug-likeness (QED) is 0.795. The van der Waals surface area contributed by atoms with Gasteiger partial charge in [-0.15, -0.1) is 0 Å². The largest absolute Gasteiger partial charge is 0.478 e. The summed E-state index contributed by atoms with van der Waals surface area (Å²) in [7, 11) is 0. The molecule has 3 rings (SSSR count). The molecule has 1 heterocycles. The molecule has 0 aromatic heterocycles. The van der Waals surface area contributed by atoms with Crippen molar-refractivity contribution >= 4 is 6.08 Å². The molecule has 1 atom stereocenters. The summed E-state index contributed by atoms with van der Waals surface area (Å²) in [6, 6.07) is 18.0. The second-order valence-corrected chi connectivity index (χ2v) is 5.29. The standard InChI is InChI=1S/C18H18O2/c1-13(2)18-17(12-14-8-4-3-5-9-14)19-15-10-6-7-11-16(15)20-18/h3-13,18H,1-2H3/b17-12-. The van der Waals surface area contributed by atoms with Crippen molar-refractivity contribution in [1.29, 1.82) is 0 Å². The summed E-state index contributed by atoms with van der Waals surface area (Å²) in [4.78, 5) is 0. The molecule has 0 saturated heterocycles. The Morgan fingerprint density at radius 3 is 2.25 bits per heavy atom. The van der Waals surface area contributed by atoms with Crippen LogP contribution in [0.3, 0.4) is 0 Å². The van der Waals surface area contributed by atoms with Gasteiger partial charge in [-0.1, -0.05) is 56.3 Å². The van der Waals surface area contributed by atoms with E-state index in [0.29, 0.717) is 5.92 Å². The zero-order chi connectivity index (χ0) is 13.9. The number of para-hydroxylation sites is 2. The highest BCUT2D eigenvalue weighted by molar-refractivity contribution is 5.55. The lowest BCUT2D eigenvalue weighted by atomic mass is 10.0. The molecule has 0 fully saturated rings. The fraction of sp³-hybridized carbons (Fsp3) is 0.222. The number of benzene rings is 2. The number of ether oxygens (including phenoxy) is 2. The van der Waals surface area contributed by atoms with Crippen LogP contribution in [-0.2, 0) is 0 Å². The van der Waals surface area contributed by atoms with E-state index in [9.17, 15) is 0 Å². The maximum Gasteiger partial charge on any atom is 0.169 e. The maximum atomic E-state index is 6.08. The number of rotatable bonds is 2. The first-order chi connectivity index (χ1) is 9.74. The summed E-state index contributed by atoms with van der Waals surface area (Å²) in [5.74, 6) is 2.81. The van der Waals surface area contributed by atoms with Gasteiger partial charge in [-0.05, 0) is 29.7 Å². The SMILES string of the molecule is CC(C)C1Oc2ccccc2O/C1=C\c1ccccc1. The highest BCUT2D eigenvalue weighted by Gasteiger charge is 2.28. The molecule has 102 valence electrons. The monoisotopic (exact) mass is 266 g/mol. The van der Waals surface area contributed by atoms with Gasteiger partial charge in [0.15, 0.2) is 17.6 Å². The van der Waals surface area contributed by atoms with Crippen molar-refractivity contribution in [2.24, 2.45) is 5.92 Å².